The molecule has 0 atom stereocenters. The second-order valence-corrected chi connectivity index (χ2v) is 8.71. The molecule has 0 saturated carbocycles. The van der Waals surface area contributed by atoms with Crippen molar-refractivity contribution >= 4 is 34.8 Å². The summed E-state index contributed by atoms with van der Waals surface area (Å²) in [5.41, 5.74) is 13.4. The Morgan fingerprint density at radius 2 is 1.49 bits per heavy atom. The van der Waals surface area contributed by atoms with E-state index in [4.69, 9.17) is 11.6 Å². The molecule has 3 amide bonds. The highest BCUT2D eigenvalue weighted by atomic mass is 16.2. The molecule has 9 heteroatoms. The number of amides is 3. The molecule has 1 aliphatic rings. The summed E-state index contributed by atoms with van der Waals surface area (Å²) in [7, 11) is 1.56. The van der Waals surface area contributed by atoms with Gasteiger partial charge in [-0.05, 0) is 18.1 Å². The normalized spacial score (nSPS) is 13.5. The number of anilines is 1. The first-order chi connectivity index (χ1) is 18.9. The van der Waals surface area contributed by atoms with Crippen LogP contribution in [-0.4, -0.2) is 31.3 Å². The molecule has 0 fully saturated rings. The lowest BCUT2D eigenvalue weighted by Crippen LogP contribution is -2.36. The Bertz CT molecular complexity index is 1110. The summed E-state index contributed by atoms with van der Waals surface area (Å²) < 4.78 is 0. The number of carbonyl (C=O) groups excluding carboxylic acids is 3. The Kier molecular flexibility index (Phi) is 15.7. The third-order valence-corrected chi connectivity index (χ3v) is 6.06. The zero-order valence-electron chi connectivity index (χ0n) is 24.1. The average molecular weight is 543 g/mol. The topological polar surface area (TPSA) is 143 Å². The fourth-order valence-corrected chi connectivity index (χ4v) is 3.82. The molecule has 0 spiro atoms. The number of hydrazine groups is 1. The molecule has 0 aromatic heterocycles. The van der Waals surface area contributed by atoms with Crippen LogP contribution in [0.5, 0.6) is 0 Å². The zero-order valence-corrected chi connectivity index (χ0v) is 24.1. The van der Waals surface area contributed by atoms with Crippen LogP contribution in [0.25, 0.3) is 11.4 Å². The van der Waals surface area contributed by atoms with Crippen molar-refractivity contribution in [1.82, 2.24) is 16.1 Å². The largest absolute Gasteiger partial charge is 0.396 e. The summed E-state index contributed by atoms with van der Waals surface area (Å²) in [5.74, 6) is 5.38. The minimum absolute atomic E-state index is 0. The summed E-state index contributed by atoms with van der Waals surface area (Å²) in [6, 6.07) is 15.0. The molecule has 39 heavy (non-hydrogen) atoms. The fourth-order valence-electron chi connectivity index (χ4n) is 3.82. The van der Waals surface area contributed by atoms with E-state index in [1.165, 1.54) is 12.8 Å². The summed E-state index contributed by atoms with van der Waals surface area (Å²) in [5, 5.41) is 5.29. The predicted octanol–water partition coefficient (Wildman–Crippen LogP) is 4.53. The van der Waals surface area contributed by atoms with Crippen molar-refractivity contribution < 1.29 is 17.2 Å². The fraction of sp³-hybridized carbons (Fsp3) is 0.433. The summed E-state index contributed by atoms with van der Waals surface area (Å²) in [6.07, 6.45) is 3.75. The van der Waals surface area contributed by atoms with E-state index in [0.29, 0.717) is 42.0 Å². The standard InChI is InChI=1S/C24H30N6O3.C4H10.C2H6.2H2/c1-27-20(31)11-6-12-21(32)28-14-13-22(33)30-15-16-7-2-3-8-17(16)24(29-26)23(25)18-9-4-5-10-19(18)30;1-3-4-2;1-2;;/h2-5,7-10,29H,6,11-15,25-26H2,1H3,(H,27,31)(H,28,32);3-4H2,1-2H3;1-2H3;2*1H/b24-23-;;;;. The number of nitrogens with zero attached hydrogens (tertiary/aromatic N) is 1. The molecule has 2 aromatic carbocycles. The van der Waals surface area contributed by atoms with Gasteiger partial charge in [0.15, 0.2) is 0 Å². The highest BCUT2D eigenvalue weighted by Crippen LogP contribution is 2.34. The van der Waals surface area contributed by atoms with E-state index in [1.54, 1.807) is 11.9 Å². The van der Waals surface area contributed by atoms with Crippen molar-refractivity contribution in [1.29, 1.82) is 0 Å². The molecule has 7 N–H and O–H groups in total. The second-order valence-electron chi connectivity index (χ2n) is 8.71. The molecule has 2 aromatic rings. The molecule has 0 saturated heterocycles. The number of carbonyl (C=O) groups is 3. The quantitative estimate of drug-likeness (QED) is 0.233. The average Bonchev–Trinajstić information content (AvgIpc) is 2.97. The lowest BCUT2D eigenvalue weighted by atomic mass is 9.96. The first-order valence-electron chi connectivity index (χ1n) is 13.8. The van der Waals surface area contributed by atoms with E-state index in [0.717, 1.165) is 11.1 Å². The van der Waals surface area contributed by atoms with Gasteiger partial charge in [-0.3, -0.25) is 20.2 Å². The van der Waals surface area contributed by atoms with Crippen LogP contribution >= 0.6 is 0 Å². The van der Waals surface area contributed by atoms with E-state index in [1.807, 2.05) is 62.4 Å². The van der Waals surface area contributed by atoms with Crippen molar-refractivity contribution in [3.05, 3.63) is 65.2 Å². The van der Waals surface area contributed by atoms with Gasteiger partial charge >= 0.3 is 0 Å². The monoisotopic (exact) mass is 542 g/mol. The number of hydrogen-bond acceptors (Lipinski definition) is 6. The van der Waals surface area contributed by atoms with Crippen molar-refractivity contribution in [2.75, 3.05) is 18.5 Å². The Morgan fingerprint density at radius 3 is 2.10 bits per heavy atom. The Balaban J connectivity index is 0. The smallest absolute Gasteiger partial charge is 0.229 e. The van der Waals surface area contributed by atoms with Crippen LogP contribution in [0.4, 0.5) is 5.69 Å². The lowest BCUT2D eigenvalue weighted by Gasteiger charge is -2.30. The molecule has 9 nitrogen and oxygen atoms in total. The van der Waals surface area contributed by atoms with Crippen molar-refractivity contribution in [3.8, 4) is 0 Å². The first-order valence-corrected chi connectivity index (χ1v) is 13.8. The van der Waals surface area contributed by atoms with Gasteiger partial charge in [0.05, 0.1) is 23.6 Å². The van der Waals surface area contributed by atoms with Crippen molar-refractivity contribution in [3.63, 3.8) is 0 Å². The van der Waals surface area contributed by atoms with Crippen LogP contribution in [0.3, 0.4) is 0 Å². The molecular weight excluding hydrogens is 492 g/mol. The van der Waals surface area contributed by atoms with Gasteiger partial charge < -0.3 is 26.7 Å². The number of para-hydroxylation sites is 1. The van der Waals surface area contributed by atoms with Crippen molar-refractivity contribution in [2.45, 2.75) is 72.8 Å². The third-order valence-electron chi connectivity index (χ3n) is 6.06. The summed E-state index contributed by atoms with van der Waals surface area (Å²) >= 11 is 0. The number of nitrogens with one attached hydrogen (secondary N) is 3. The number of unbranched alkanes of at least 4 members (excludes halogenated alkanes) is 1. The predicted molar refractivity (Wildman–Crippen MR) is 164 cm³/mol. The van der Waals surface area contributed by atoms with Gasteiger partial charge in [0.2, 0.25) is 17.7 Å². The SMILES string of the molecule is CC.CCCC.CNC(=O)CCCC(=O)NCCC(=O)N1Cc2ccccc2/C(NN)=C(/N)c2ccccc21.[HH].[HH]. The van der Waals surface area contributed by atoms with Crippen LogP contribution < -0.4 is 32.5 Å². The van der Waals surface area contributed by atoms with Gasteiger partial charge in [-0.2, -0.15) is 0 Å². The number of rotatable bonds is 9. The van der Waals surface area contributed by atoms with Crippen LogP contribution in [-0.2, 0) is 20.9 Å². The minimum atomic E-state index is -0.184. The van der Waals surface area contributed by atoms with E-state index in [2.05, 4.69) is 29.9 Å². The summed E-state index contributed by atoms with van der Waals surface area (Å²) in [6.45, 7) is 8.91. The third kappa shape index (κ3) is 10.1. The van der Waals surface area contributed by atoms with E-state index in [9.17, 15) is 14.4 Å². The number of fused-ring (bicyclic) bond motifs is 2. The maximum atomic E-state index is 13.2. The maximum Gasteiger partial charge on any atom is 0.229 e. The van der Waals surface area contributed by atoms with Crippen LogP contribution in [0.1, 0.15) is 85.8 Å². The number of benzene rings is 2. The van der Waals surface area contributed by atoms with Crippen LogP contribution in [0.2, 0.25) is 0 Å². The van der Waals surface area contributed by atoms with Crippen molar-refractivity contribution in [2.24, 2.45) is 11.6 Å². The zero-order chi connectivity index (χ0) is 29.2. The van der Waals surface area contributed by atoms with E-state index in [-0.39, 0.29) is 40.0 Å². The Hall–Kier alpha value is -3.85. The number of hydrogen-bond donors (Lipinski definition) is 5. The van der Waals surface area contributed by atoms with Gasteiger partial charge in [-0.25, -0.2) is 0 Å². The highest BCUT2D eigenvalue weighted by Gasteiger charge is 2.25. The summed E-state index contributed by atoms with van der Waals surface area (Å²) in [4.78, 5) is 38.2. The minimum Gasteiger partial charge on any atom is -0.396 e. The Morgan fingerprint density at radius 1 is 0.897 bits per heavy atom. The van der Waals surface area contributed by atoms with E-state index >= 15 is 0 Å². The molecule has 0 unspecified atom stereocenters. The second kappa shape index (κ2) is 18.4. The highest BCUT2D eigenvalue weighted by molar-refractivity contribution is 6.01. The molecule has 0 bridgehead atoms. The molecule has 0 radical (unpaired) electrons. The van der Waals surface area contributed by atoms with Gasteiger partial charge in [0.25, 0.3) is 0 Å². The van der Waals surface area contributed by atoms with Gasteiger partial charge in [0.1, 0.15) is 0 Å². The molecule has 0 aliphatic carbocycles. The maximum absolute atomic E-state index is 13.2. The molecule has 1 heterocycles. The van der Waals surface area contributed by atoms with Gasteiger partial charge in [-0.1, -0.05) is 83.0 Å². The lowest BCUT2D eigenvalue weighted by molar-refractivity contribution is -0.122. The van der Waals surface area contributed by atoms with E-state index < -0.39 is 0 Å². The first kappa shape index (κ1) is 33.2. The van der Waals surface area contributed by atoms with Crippen LogP contribution in [0.15, 0.2) is 48.5 Å². The molecular formula is C30H50N6O3. The molecule has 1 aliphatic heterocycles. The van der Waals surface area contributed by atoms with Gasteiger partial charge in [0, 0.05) is 46.8 Å². The molecule has 3 rings (SSSR count). The Labute approximate surface area is 236 Å². The van der Waals surface area contributed by atoms with Crippen LogP contribution in [0, 0.1) is 0 Å². The van der Waals surface area contributed by atoms with Gasteiger partial charge in [-0.15, -0.1) is 0 Å². The number of nitrogens with two attached hydrogens (primary N) is 2. The molecule has 218 valence electrons.